The number of carbonyl (C=O) groups excluding carboxylic acids is 2. The van der Waals surface area contributed by atoms with Crippen molar-refractivity contribution in [1.29, 1.82) is 0 Å². The van der Waals surface area contributed by atoms with E-state index < -0.39 is 6.09 Å². The van der Waals surface area contributed by atoms with Gasteiger partial charge in [0.25, 0.3) is 5.91 Å². The van der Waals surface area contributed by atoms with E-state index in [1.807, 2.05) is 30.5 Å². The summed E-state index contributed by atoms with van der Waals surface area (Å²) in [5, 5.41) is 7.35. The number of amides is 2. The lowest BCUT2D eigenvalue weighted by molar-refractivity contribution is -0.123. The number of fused-ring (bicyclic) bond motifs is 1. The Morgan fingerprint density at radius 3 is 2.86 bits per heavy atom. The van der Waals surface area contributed by atoms with E-state index in [0.717, 1.165) is 49.0 Å². The van der Waals surface area contributed by atoms with Crippen molar-refractivity contribution in [1.82, 2.24) is 20.5 Å². The summed E-state index contributed by atoms with van der Waals surface area (Å²) in [5.41, 5.74) is 0. The first-order chi connectivity index (χ1) is 13.7. The Morgan fingerprint density at radius 2 is 2.07 bits per heavy atom. The minimum atomic E-state index is -0.546. The quantitative estimate of drug-likeness (QED) is 0.750. The Hall–Kier alpha value is -2.87. The maximum Gasteiger partial charge on any atom is 0.407 e. The average Bonchev–Trinajstić information content (AvgIpc) is 2.73. The summed E-state index contributed by atoms with van der Waals surface area (Å²) < 4.78 is 10.9. The maximum absolute atomic E-state index is 11.7. The fourth-order valence-electron chi connectivity index (χ4n) is 3.22. The van der Waals surface area contributed by atoms with Crippen molar-refractivity contribution in [3.05, 3.63) is 36.7 Å². The monoisotopic (exact) mass is 386 g/mol. The number of hydrogen-bond donors (Lipinski definition) is 2. The summed E-state index contributed by atoms with van der Waals surface area (Å²) in [7, 11) is 1.50. The van der Waals surface area contributed by atoms with Crippen molar-refractivity contribution in [3.63, 3.8) is 0 Å². The number of benzene rings is 1. The highest BCUT2D eigenvalue weighted by atomic mass is 16.6. The number of likely N-dealkylation sites (tertiary alicyclic amines) is 1. The van der Waals surface area contributed by atoms with Crippen molar-refractivity contribution in [2.75, 3.05) is 39.9 Å². The molecule has 8 nitrogen and oxygen atoms in total. The molecule has 0 aliphatic carbocycles. The molecule has 0 radical (unpaired) electrons. The summed E-state index contributed by atoms with van der Waals surface area (Å²) in [6, 6.07) is 8.00. The van der Waals surface area contributed by atoms with E-state index in [0.29, 0.717) is 6.61 Å². The summed E-state index contributed by atoms with van der Waals surface area (Å²) in [5.74, 6) is 0.544. The average molecular weight is 386 g/mol. The fourth-order valence-corrected chi connectivity index (χ4v) is 3.22. The van der Waals surface area contributed by atoms with Crippen LogP contribution in [0.2, 0.25) is 0 Å². The van der Waals surface area contributed by atoms with Gasteiger partial charge in [-0.25, -0.2) is 4.79 Å². The molecule has 0 spiro atoms. The zero-order valence-electron chi connectivity index (χ0n) is 16.0. The van der Waals surface area contributed by atoms with Crippen LogP contribution in [0.25, 0.3) is 10.8 Å². The minimum absolute atomic E-state index is 0.0694. The normalized spacial score (nSPS) is 15.2. The van der Waals surface area contributed by atoms with Gasteiger partial charge < -0.3 is 20.1 Å². The predicted molar refractivity (Wildman–Crippen MR) is 105 cm³/mol. The Labute approximate surface area is 164 Å². The largest absolute Gasteiger partial charge is 0.492 e. The molecule has 150 valence electrons. The van der Waals surface area contributed by atoms with E-state index in [1.165, 1.54) is 7.05 Å². The lowest BCUT2D eigenvalue weighted by Gasteiger charge is -2.31. The van der Waals surface area contributed by atoms with Gasteiger partial charge in [-0.1, -0.05) is 12.1 Å². The first-order valence-corrected chi connectivity index (χ1v) is 9.47. The molecular formula is C20H26N4O4. The molecule has 2 aromatic rings. The number of likely N-dealkylation sites (N-methyl/N-ethyl adjacent to an activating group) is 1. The number of piperidine rings is 1. The van der Waals surface area contributed by atoms with Crippen LogP contribution in [-0.4, -0.2) is 67.8 Å². The summed E-state index contributed by atoms with van der Waals surface area (Å²) in [4.78, 5) is 29.2. The molecule has 1 aromatic carbocycles. The van der Waals surface area contributed by atoms with Gasteiger partial charge in [-0.3, -0.25) is 14.7 Å². The molecule has 1 aromatic heterocycles. The van der Waals surface area contributed by atoms with Gasteiger partial charge in [0, 0.05) is 55.9 Å². The molecule has 2 N–H and O–H groups in total. The molecule has 0 unspecified atom stereocenters. The molecule has 2 amide bonds. The third-order valence-electron chi connectivity index (χ3n) is 4.83. The molecule has 2 heterocycles. The molecule has 8 heteroatoms. The fraction of sp³-hybridized carbons (Fsp3) is 0.450. The highest BCUT2D eigenvalue weighted by Gasteiger charge is 2.21. The SMILES string of the molecule is CNC(=O)COC(=O)NC1CCN(CCOc2cccc3cnccc23)CC1. The zero-order chi connectivity index (χ0) is 19.8. The van der Waals surface area contributed by atoms with Gasteiger partial charge in [0.05, 0.1) is 0 Å². The van der Waals surface area contributed by atoms with E-state index in [2.05, 4.69) is 20.5 Å². The summed E-state index contributed by atoms with van der Waals surface area (Å²) in [6.07, 6.45) is 4.74. The molecule has 0 saturated carbocycles. The topological polar surface area (TPSA) is 92.8 Å². The second-order valence-electron chi connectivity index (χ2n) is 6.71. The van der Waals surface area contributed by atoms with E-state index in [1.54, 1.807) is 6.20 Å². The first kappa shape index (κ1) is 19.9. The van der Waals surface area contributed by atoms with Crippen LogP contribution in [0.4, 0.5) is 4.79 Å². The van der Waals surface area contributed by atoms with Crippen LogP contribution in [0.5, 0.6) is 5.75 Å². The van der Waals surface area contributed by atoms with Gasteiger partial charge in [0.2, 0.25) is 0 Å². The van der Waals surface area contributed by atoms with Crippen LogP contribution in [0.1, 0.15) is 12.8 Å². The molecule has 28 heavy (non-hydrogen) atoms. The molecule has 0 atom stereocenters. The third kappa shape index (κ3) is 5.56. The lowest BCUT2D eigenvalue weighted by atomic mass is 10.1. The number of hydrogen-bond acceptors (Lipinski definition) is 6. The van der Waals surface area contributed by atoms with Crippen LogP contribution in [0.3, 0.4) is 0 Å². The first-order valence-electron chi connectivity index (χ1n) is 9.47. The standard InChI is InChI=1S/C20H26N4O4/c1-21-19(25)14-28-20(26)23-16-6-9-24(10-7-16)11-12-27-18-4-2-3-15-13-22-8-5-17(15)18/h2-5,8,13,16H,6-7,9-12,14H2,1H3,(H,21,25)(H,23,26). The Morgan fingerprint density at radius 1 is 1.25 bits per heavy atom. The van der Waals surface area contributed by atoms with Gasteiger partial charge in [-0.2, -0.15) is 0 Å². The maximum atomic E-state index is 11.7. The van der Waals surface area contributed by atoms with E-state index >= 15 is 0 Å². The smallest absolute Gasteiger partial charge is 0.407 e. The Kier molecular flexibility index (Phi) is 7.02. The third-order valence-corrected chi connectivity index (χ3v) is 4.83. The predicted octanol–water partition coefficient (Wildman–Crippen LogP) is 1.55. The molecule has 3 rings (SSSR count). The molecule has 1 aliphatic rings. The number of rotatable bonds is 7. The van der Waals surface area contributed by atoms with Gasteiger partial charge >= 0.3 is 6.09 Å². The van der Waals surface area contributed by atoms with Gasteiger partial charge in [-0.05, 0) is 25.0 Å². The number of ether oxygens (including phenoxy) is 2. The van der Waals surface area contributed by atoms with Crippen LogP contribution in [-0.2, 0) is 9.53 Å². The van der Waals surface area contributed by atoms with Crippen molar-refractivity contribution >= 4 is 22.8 Å². The summed E-state index contributed by atoms with van der Waals surface area (Å²) in [6.45, 7) is 2.93. The molecule has 1 fully saturated rings. The molecule has 0 bridgehead atoms. The number of nitrogens with zero attached hydrogens (tertiary/aromatic N) is 2. The molecule has 1 saturated heterocycles. The van der Waals surface area contributed by atoms with E-state index in [-0.39, 0.29) is 18.6 Å². The van der Waals surface area contributed by atoms with E-state index in [9.17, 15) is 9.59 Å². The van der Waals surface area contributed by atoms with Crippen molar-refractivity contribution < 1.29 is 19.1 Å². The van der Waals surface area contributed by atoms with Crippen LogP contribution >= 0.6 is 0 Å². The lowest BCUT2D eigenvalue weighted by Crippen LogP contribution is -2.46. The second-order valence-corrected chi connectivity index (χ2v) is 6.71. The van der Waals surface area contributed by atoms with Gasteiger partial charge in [0.15, 0.2) is 6.61 Å². The molecular weight excluding hydrogens is 360 g/mol. The van der Waals surface area contributed by atoms with Crippen molar-refractivity contribution in [3.8, 4) is 5.75 Å². The minimum Gasteiger partial charge on any atom is -0.492 e. The van der Waals surface area contributed by atoms with Crippen LogP contribution in [0.15, 0.2) is 36.7 Å². The summed E-state index contributed by atoms with van der Waals surface area (Å²) >= 11 is 0. The number of nitrogens with one attached hydrogen (secondary N) is 2. The van der Waals surface area contributed by atoms with Gasteiger partial charge in [-0.15, -0.1) is 0 Å². The van der Waals surface area contributed by atoms with Crippen molar-refractivity contribution in [2.24, 2.45) is 0 Å². The molecule has 1 aliphatic heterocycles. The number of alkyl carbamates (subject to hydrolysis) is 1. The van der Waals surface area contributed by atoms with Crippen LogP contribution in [0, 0.1) is 0 Å². The van der Waals surface area contributed by atoms with E-state index in [4.69, 9.17) is 9.47 Å². The Bertz CT molecular complexity index is 800. The number of pyridine rings is 1. The van der Waals surface area contributed by atoms with Crippen molar-refractivity contribution in [2.45, 2.75) is 18.9 Å². The number of carbonyl (C=O) groups is 2. The highest BCUT2D eigenvalue weighted by Crippen LogP contribution is 2.24. The van der Waals surface area contributed by atoms with Gasteiger partial charge in [0.1, 0.15) is 12.4 Å². The highest BCUT2D eigenvalue weighted by molar-refractivity contribution is 5.87. The zero-order valence-corrected chi connectivity index (χ0v) is 16.0. The van der Waals surface area contributed by atoms with Crippen LogP contribution < -0.4 is 15.4 Å². The number of aromatic nitrogens is 1. The second kappa shape index (κ2) is 9.89. The Balaban J connectivity index is 1.36.